The molecule has 35 heavy (non-hydrogen) atoms. The van der Waals surface area contributed by atoms with Crippen molar-refractivity contribution in [1.82, 2.24) is 4.90 Å². The molecule has 184 valence electrons. The molecule has 0 spiro atoms. The predicted molar refractivity (Wildman–Crippen MR) is 134 cm³/mol. The minimum atomic E-state index is -0.325. The highest BCUT2D eigenvalue weighted by atomic mass is 16.5. The van der Waals surface area contributed by atoms with E-state index in [0.717, 1.165) is 11.5 Å². The number of rotatable bonds is 12. The summed E-state index contributed by atoms with van der Waals surface area (Å²) in [4.78, 5) is 26.7. The number of para-hydroxylation sites is 1. The molecule has 8 heteroatoms. The lowest BCUT2D eigenvalue weighted by atomic mass is 10.1. The van der Waals surface area contributed by atoms with Crippen molar-refractivity contribution in [2.75, 3.05) is 45.8 Å². The normalized spacial score (nSPS) is 10.3. The van der Waals surface area contributed by atoms with Gasteiger partial charge in [0.2, 0.25) is 0 Å². The molecule has 8 nitrogen and oxygen atoms in total. The summed E-state index contributed by atoms with van der Waals surface area (Å²) in [6.45, 7) is 3.05. The number of methoxy groups -OCH3 is 1. The van der Waals surface area contributed by atoms with E-state index in [9.17, 15) is 9.59 Å². The number of nitrogens with one attached hydrogen (secondary N) is 1. The van der Waals surface area contributed by atoms with Gasteiger partial charge in [-0.25, -0.2) is 0 Å². The Balaban J connectivity index is 1.52. The Kier molecular flexibility index (Phi) is 9.36. The van der Waals surface area contributed by atoms with E-state index in [1.165, 1.54) is 7.11 Å². The van der Waals surface area contributed by atoms with Crippen LogP contribution in [0.15, 0.2) is 72.8 Å². The van der Waals surface area contributed by atoms with Crippen LogP contribution in [0.5, 0.6) is 23.0 Å². The molecule has 1 N–H and O–H groups in total. The van der Waals surface area contributed by atoms with Gasteiger partial charge in [-0.05, 0) is 61.5 Å². The predicted octanol–water partition coefficient (Wildman–Crippen LogP) is 4.26. The quantitative estimate of drug-likeness (QED) is 0.419. The highest BCUT2D eigenvalue weighted by Crippen LogP contribution is 2.28. The third kappa shape index (κ3) is 7.67. The zero-order valence-electron chi connectivity index (χ0n) is 20.2. The molecule has 0 aliphatic heterocycles. The van der Waals surface area contributed by atoms with E-state index in [1.54, 1.807) is 54.4 Å². The van der Waals surface area contributed by atoms with Crippen LogP contribution in [0.2, 0.25) is 0 Å². The highest BCUT2D eigenvalue weighted by Gasteiger charge is 2.16. The van der Waals surface area contributed by atoms with E-state index in [0.29, 0.717) is 42.5 Å². The minimum absolute atomic E-state index is 0.181. The maximum Gasteiger partial charge on any atom is 0.262 e. The number of likely N-dealkylation sites (N-methyl/N-ethyl adjacent to an activating group) is 1. The Morgan fingerprint density at radius 3 is 2.26 bits per heavy atom. The summed E-state index contributed by atoms with van der Waals surface area (Å²) < 4.78 is 22.1. The molecule has 0 radical (unpaired) electrons. The van der Waals surface area contributed by atoms with Crippen LogP contribution in [0.4, 0.5) is 5.69 Å². The Hall–Kier alpha value is -4.20. The van der Waals surface area contributed by atoms with E-state index in [1.807, 2.05) is 37.3 Å². The molecule has 3 rings (SSSR count). The van der Waals surface area contributed by atoms with Crippen molar-refractivity contribution in [1.29, 1.82) is 0 Å². The number of hydrogen-bond donors (Lipinski definition) is 1. The monoisotopic (exact) mass is 478 g/mol. The van der Waals surface area contributed by atoms with Gasteiger partial charge in [-0.3, -0.25) is 9.59 Å². The third-order valence-corrected chi connectivity index (χ3v) is 5.00. The van der Waals surface area contributed by atoms with Crippen LogP contribution < -0.4 is 24.3 Å². The Bertz CT molecular complexity index is 1100. The Labute approximate surface area is 205 Å². The summed E-state index contributed by atoms with van der Waals surface area (Å²) in [5.41, 5.74) is 1.07. The van der Waals surface area contributed by atoms with Crippen LogP contribution in [0.25, 0.3) is 0 Å². The first-order valence-corrected chi connectivity index (χ1v) is 11.3. The standard InChI is InChI=1S/C27H30N2O6/c1-4-33-23-13-11-21(12-14-23)28-26(30)19-35-24-15-10-20(18-25(24)32-3)27(31)29(2)16-17-34-22-8-6-5-7-9-22/h5-15,18H,4,16-17,19H2,1-3H3,(H,28,30). The molecule has 0 atom stereocenters. The molecule has 0 unspecified atom stereocenters. The summed E-state index contributed by atoms with van der Waals surface area (Å²) in [7, 11) is 3.19. The molecule has 2 amide bonds. The van der Waals surface area contributed by atoms with Crippen molar-refractivity contribution in [3.63, 3.8) is 0 Å². The van der Waals surface area contributed by atoms with Gasteiger partial charge in [0, 0.05) is 18.3 Å². The summed E-state index contributed by atoms with van der Waals surface area (Å²) in [5, 5.41) is 2.76. The molecular weight excluding hydrogens is 448 g/mol. The van der Waals surface area contributed by atoms with E-state index in [4.69, 9.17) is 18.9 Å². The zero-order valence-corrected chi connectivity index (χ0v) is 20.2. The van der Waals surface area contributed by atoms with Gasteiger partial charge in [0.1, 0.15) is 18.1 Å². The SMILES string of the molecule is CCOc1ccc(NC(=O)COc2ccc(C(=O)N(C)CCOc3ccccc3)cc2OC)cc1. The summed E-state index contributed by atoms with van der Waals surface area (Å²) >= 11 is 0. The third-order valence-electron chi connectivity index (χ3n) is 5.00. The Morgan fingerprint density at radius 2 is 1.57 bits per heavy atom. The van der Waals surface area contributed by atoms with Crippen molar-refractivity contribution in [2.24, 2.45) is 0 Å². The van der Waals surface area contributed by atoms with E-state index in [2.05, 4.69) is 5.32 Å². The van der Waals surface area contributed by atoms with Crippen molar-refractivity contribution in [3.8, 4) is 23.0 Å². The maximum absolute atomic E-state index is 12.8. The minimum Gasteiger partial charge on any atom is -0.494 e. The average molecular weight is 479 g/mol. The highest BCUT2D eigenvalue weighted by molar-refractivity contribution is 5.95. The fraction of sp³-hybridized carbons (Fsp3) is 0.259. The number of anilines is 1. The van der Waals surface area contributed by atoms with Crippen LogP contribution >= 0.6 is 0 Å². The van der Waals surface area contributed by atoms with Gasteiger partial charge < -0.3 is 29.2 Å². The van der Waals surface area contributed by atoms with Crippen molar-refractivity contribution in [3.05, 3.63) is 78.4 Å². The molecule has 0 aromatic heterocycles. The zero-order chi connectivity index (χ0) is 25.0. The summed E-state index contributed by atoms with van der Waals surface area (Å²) in [5.74, 6) is 1.70. The first kappa shape index (κ1) is 25.4. The van der Waals surface area contributed by atoms with Crippen molar-refractivity contribution < 1.29 is 28.5 Å². The van der Waals surface area contributed by atoms with Crippen LogP contribution in [0.1, 0.15) is 17.3 Å². The molecule has 0 aliphatic rings. The molecular formula is C27H30N2O6. The lowest BCUT2D eigenvalue weighted by Crippen LogP contribution is -2.30. The van der Waals surface area contributed by atoms with Crippen LogP contribution in [0.3, 0.4) is 0 Å². The second-order valence-electron chi connectivity index (χ2n) is 7.55. The van der Waals surface area contributed by atoms with Gasteiger partial charge in [0.15, 0.2) is 18.1 Å². The number of hydrogen-bond acceptors (Lipinski definition) is 6. The van der Waals surface area contributed by atoms with Gasteiger partial charge >= 0.3 is 0 Å². The molecule has 3 aromatic carbocycles. The number of carbonyl (C=O) groups is 2. The summed E-state index contributed by atoms with van der Waals surface area (Å²) in [6.07, 6.45) is 0. The van der Waals surface area contributed by atoms with Gasteiger partial charge in [-0.1, -0.05) is 18.2 Å². The number of amides is 2. The van der Waals surface area contributed by atoms with E-state index < -0.39 is 0 Å². The molecule has 0 heterocycles. The molecule has 0 saturated heterocycles. The van der Waals surface area contributed by atoms with Crippen LogP contribution in [0, 0.1) is 0 Å². The molecule has 0 aliphatic carbocycles. The van der Waals surface area contributed by atoms with E-state index >= 15 is 0 Å². The second-order valence-corrected chi connectivity index (χ2v) is 7.55. The van der Waals surface area contributed by atoms with Crippen LogP contribution in [-0.4, -0.2) is 57.2 Å². The number of benzene rings is 3. The van der Waals surface area contributed by atoms with Crippen molar-refractivity contribution >= 4 is 17.5 Å². The lowest BCUT2D eigenvalue weighted by molar-refractivity contribution is -0.118. The average Bonchev–Trinajstić information content (AvgIpc) is 2.88. The topological polar surface area (TPSA) is 86.3 Å². The van der Waals surface area contributed by atoms with Gasteiger partial charge in [0.25, 0.3) is 11.8 Å². The van der Waals surface area contributed by atoms with Crippen molar-refractivity contribution in [2.45, 2.75) is 6.92 Å². The second kappa shape index (κ2) is 12.9. The largest absolute Gasteiger partial charge is 0.494 e. The number of ether oxygens (including phenoxy) is 4. The fourth-order valence-corrected chi connectivity index (χ4v) is 3.20. The van der Waals surface area contributed by atoms with Gasteiger partial charge in [0.05, 0.1) is 20.3 Å². The Morgan fingerprint density at radius 1 is 0.857 bits per heavy atom. The fourth-order valence-electron chi connectivity index (χ4n) is 3.20. The number of carbonyl (C=O) groups excluding carboxylic acids is 2. The van der Waals surface area contributed by atoms with E-state index in [-0.39, 0.29) is 18.4 Å². The lowest BCUT2D eigenvalue weighted by Gasteiger charge is -2.18. The van der Waals surface area contributed by atoms with Crippen LogP contribution in [-0.2, 0) is 4.79 Å². The van der Waals surface area contributed by atoms with Gasteiger partial charge in [-0.2, -0.15) is 0 Å². The molecule has 0 bridgehead atoms. The smallest absolute Gasteiger partial charge is 0.262 e. The number of nitrogens with zero attached hydrogens (tertiary/aromatic N) is 1. The first-order valence-electron chi connectivity index (χ1n) is 11.3. The molecule has 0 fully saturated rings. The maximum atomic E-state index is 12.8. The first-order chi connectivity index (χ1) is 17.0. The molecule has 3 aromatic rings. The molecule has 0 saturated carbocycles. The summed E-state index contributed by atoms with van der Waals surface area (Å²) in [6, 6.07) is 21.3. The van der Waals surface area contributed by atoms with Gasteiger partial charge in [-0.15, -0.1) is 0 Å².